The summed E-state index contributed by atoms with van der Waals surface area (Å²) in [5.41, 5.74) is 0.764. The summed E-state index contributed by atoms with van der Waals surface area (Å²) in [6.07, 6.45) is 1.84. The van der Waals surface area contributed by atoms with Crippen LogP contribution in [0.5, 0.6) is 11.6 Å². The molecule has 0 bridgehead atoms. The number of nitro groups is 1. The third-order valence-corrected chi connectivity index (χ3v) is 4.33. The van der Waals surface area contributed by atoms with E-state index >= 15 is 0 Å². The van der Waals surface area contributed by atoms with Crippen LogP contribution in [-0.2, 0) is 11.3 Å². The van der Waals surface area contributed by atoms with Crippen LogP contribution in [0.15, 0.2) is 58.8 Å². The minimum atomic E-state index is -0.729. The maximum absolute atomic E-state index is 12.1. The Bertz CT molecular complexity index is 1070. The summed E-state index contributed by atoms with van der Waals surface area (Å²) >= 11 is 0. The van der Waals surface area contributed by atoms with Gasteiger partial charge in [-0.05, 0) is 18.6 Å². The number of para-hydroxylation sites is 3. The molecule has 0 aliphatic rings. The van der Waals surface area contributed by atoms with Crippen LogP contribution in [0.3, 0.4) is 0 Å². The Hall–Kier alpha value is -3.75. The highest BCUT2D eigenvalue weighted by Gasteiger charge is 2.17. The number of aromatic nitrogens is 1. The van der Waals surface area contributed by atoms with Gasteiger partial charge < -0.3 is 14.4 Å². The molecule has 1 aromatic heterocycles. The molecule has 150 valence electrons. The largest absolute Gasteiger partial charge is 0.493 e. The SMILES string of the molecule is CCCCn1c(O)c(N=NC(=O)COc2ccccc2[N+](=O)[O-])c2ccccc21. The molecule has 0 aliphatic heterocycles. The van der Waals surface area contributed by atoms with E-state index in [9.17, 15) is 20.0 Å². The highest BCUT2D eigenvalue weighted by atomic mass is 16.6. The molecule has 0 saturated heterocycles. The fourth-order valence-electron chi connectivity index (χ4n) is 2.92. The highest BCUT2D eigenvalue weighted by molar-refractivity contribution is 5.95. The number of nitrogens with zero attached hydrogens (tertiary/aromatic N) is 4. The van der Waals surface area contributed by atoms with Gasteiger partial charge in [-0.3, -0.25) is 14.9 Å². The summed E-state index contributed by atoms with van der Waals surface area (Å²) in [5, 5.41) is 29.7. The normalized spacial score (nSPS) is 11.2. The number of ether oxygens (including phenoxy) is 1. The molecular formula is C20H20N4O5. The van der Waals surface area contributed by atoms with Crippen LogP contribution in [0.25, 0.3) is 10.9 Å². The van der Waals surface area contributed by atoms with Gasteiger partial charge in [0, 0.05) is 18.0 Å². The van der Waals surface area contributed by atoms with Crippen molar-refractivity contribution in [2.24, 2.45) is 10.2 Å². The smallest absolute Gasteiger partial charge is 0.310 e. The van der Waals surface area contributed by atoms with Crippen molar-refractivity contribution in [3.05, 3.63) is 58.6 Å². The molecule has 0 unspecified atom stereocenters. The first-order valence-electron chi connectivity index (χ1n) is 9.14. The van der Waals surface area contributed by atoms with Crippen molar-refractivity contribution in [1.82, 2.24) is 4.57 Å². The lowest BCUT2D eigenvalue weighted by atomic mass is 10.2. The number of amides is 1. The molecule has 3 rings (SSSR count). The van der Waals surface area contributed by atoms with Crippen molar-refractivity contribution < 1.29 is 19.6 Å². The third-order valence-electron chi connectivity index (χ3n) is 4.33. The van der Waals surface area contributed by atoms with Crippen LogP contribution in [-0.4, -0.2) is 27.1 Å². The summed E-state index contributed by atoms with van der Waals surface area (Å²) in [6, 6.07) is 13.1. The number of nitro benzene ring substituents is 1. The number of rotatable bonds is 8. The molecule has 0 radical (unpaired) electrons. The number of hydrogen-bond donors (Lipinski definition) is 1. The van der Waals surface area contributed by atoms with Gasteiger partial charge in [0.15, 0.2) is 18.0 Å². The minimum Gasteiger partial charge on any atom is -0.493 e. The van der Waals surface area contributed by atoms with Gasteiger partial charge in [-0.2, -0.15) is 0 Å². The number of carbonyl (C=O) groups is 1. The topological polar surface area (TPSA) is 119 Å². The Morgan fingerprint density at radius 2 is 1.93 bits per heavy atom. The molecule has 2 aromatic carbocycles. The molecule has 0 fully saturated rings. The van der Waals surface area contributed by atoms with Gasteiger partial charge in [0.25, 0.3) is 0 Å². The number of fused-ring (bicyclic) bond motifs is 1. The predicted octanol–water partition coefficient (Wildman–Crippen LogP) is 4.74. The third kappa shape index (κ3) is 4.40. The number of aromatic hydroxyl groups is 1. The van der Waals surface area contributed by atoms with E-state index in [4.69, 9.17) is 4.74 Å². The van der Waals surface area contributed by atoms with Gasteiger partial charge >= 0.3 is 11.6 Å². The molecule has 0 aliphatic carbocycles. The molecule has 1 amide bonds. The van der Waals surface area contributed by atoms with Crippen LogP contribution in [0.1, 0.15) is 19.8 Å². The van der Waals surface area contributed by atoms with Crippen molar-refractivity contribution in [3.63, 3.8) is 0 Å². The lowest BCUT2D eigenvalue weighted by Gasteiger charge is -2.05. The molecule has 29 heavy (non-hydrogen) atoms. The Kier molecular flexibility index (Phi) is 6.18. The van der Waals surface area contributed by atoms with E-state index in [0.29, 0.717) is 11.9 Å². The zero-order chi connectivity index (χ0) is 20.8. The lowest BCUT2D eigenvalue weighted by Crippen LogP contribution is -2.09. The van der Waals surface area contributed by atoms with E-state index in [1.54, 1.807) is 16.7 Å². The van der Waals surface area contributed by atoms with Crippen molar-refractivity contribution in [2.45, 2.75) is 26.3 Å². The summed E-state index contributed by atoms with van der Waals surface area (Å²) in [7, 11) is 0. The summed E-state index contributed by atoms with van der Waals surface area (Å²) in [5.74, 6) is -0.816. The molecule has 1 heterocycles. The Balaban J connectivity index is 1.78. The van der Waals surface area contributed by atoms with Crippen molar-refractivity contribution in [3.8, 4) is 11.6 Å². The number of benzene rings is 2. The van der Waals surface area contributed by atoms with Crippen LogP contribution >= 0.6 is 0 Å². The fourth-order valence-corrected chi connectivity index (χ4v) is 2.92. The first-order chi connectivity index (χ1) is 14.0. The maximum atomic E-state index is 12.1. The second-order valence-electron chi connectivity index (χ2n) is 6.30. The van der Waals surface area contributed by atoms with Crippen molar-refractivity contribution >= 4 is 28.2 Å². The standard InChI is InChI=1S/C20H20N4O5/c1-2-3-12-23-15-9-5-4-8-14(15)19(20(23)26)22-21-18(25)13-29-17-11-7-6-10-16(17)24(27)28/h4-11,26H,2-3,12-13H2,1H3. The number of hydrogen-bond acceptors (Lipinski definition) is 6. The molecule has 3 aromatic rings. The number of unbranched alkanes of at least 4 members (excludes halogenated alkanes) is 1. The number of carbonyl (C=O) groups excluding carboxylic acids is 1. The minimum absolute atomic E-state index is 0.0277. The average Bonchev–Trinajstić information content (AvgIpc) is 3.00. The number of azo groups is 1. The van der Waals surface area contributed by atoms with Crippen LogP contribution in [0, 0.1) is 10.1 Å². The molecule has 0 atom stereocenters. The van der Waals surface area contributed by atoms with E-state index in [0.717, 1.165) is 18.4 Å². The molecule has 0 saturated carbocycles. The monoisotopic (exact) mass is 396 g/mol. The van der Waals surface area contributed by atoms with E-state index < -0.39 is 17.4 Å². The van der Waals surface area contributed by atoms with Gasteiger partial charge in [0.1, 0.15) is 0 Å². The highest BCUT2D eigenvalue weighted by Crippen LogP contribution is 2.39. The van der Waals surface area contributed by atoms with E-state index in [-0.39, 0.29) is 23.0 Å². The van der Waals surface area contributed by atoms with Crippen molar-refractivity contribution in [1.29, 1.82) is 0 Å². The maximum Gasteiger partial charge on any atom is 0.310 e. The second kappa shape index (κ2) is 8.96. The van der Waals surface area contributed by atoms with E-state index in [1.165, 1.54) is 18.2 Å². The second-order valence-corrected chi connectivity index (χ2v) is 6.30. The van der Waals surface area contributed by atoms with E-state index in [1.807, 2.05) is 18.2 Å². The van der Waals surface area contributed by atoms with Gasteiger partial charge in [0.2, 0.25) is 5.88 Å². The Labute approximate surface area is 166 Å². The Morgan fingerprint density at radius 1 is 1.21 bits per heavy atom. The lowest BCUT2D eigenvalue weighted by molar-refractivity contribution is -0.385. The predicted molar refractivity (Wildman–Crippen MR) is 107 cm³/mol. The summed E-state index contributed by atoms with van der Waals surface area (Å²) in [4.78, 5) is 22.4. The van der Waals surface area contributed by atoms with Gasteiger partial charge in [-0.1, -0.05) is 43.7 Å². The number of aryl methyl sites for hydroxylation is 1. The molecule has 1 N–H and O–H groups in total. The summed E-state index contributed by atoms with van der Waals surface area (Å²) in [6.45, 7) is 2.16. The van der Waals surface area contributed by atoms with Gasteiger partial charge in [0.05, 0.1) is 10.4 Å². The van der Waals surface area contributed by atoms with Crippen molar-refractivity contribution in [2.75, 3.05) is 6.61 Å². The quantitative estimate of drug-likeness (QED) is 0.335. The summed E-state index contributed by atoms with van der Waals surface area (Å²) < 4.78 is 6.95. The first-order valence-corrected chi connectivity index (χ1v) is 9.14. The van der Waals surface area contributed by atoms with Gasteiger partial charge in [-0.15, -0.1) is 10.2 Å². The van der Waals surface area contributed by atoms with Gasteiger partial charge in [-0.25, -0.2) is 0 Å². The molecule has 9 nitrogen and oxygen atoms in total. The zero-order valence-electron chi connectivity index (χ0n) is 15.8. The average molecular weight is 396 g/mol. The molecule has 0 spiro atoms. The molecule has 9 heteroatoms. The van der Waals surface area contributed by atoms with Crippen LogP contribution in [0.2, 0.25) is 0 Å². The van der Waals surface area contributed by atoms with E-state index in [2.05, 4.69) is 17.2 Å². The molecular weight excluding hydrogens is 376 g/mol. The van der Waals surface area contributed by atoms with Crippen LogP contribution < -0.4 is 4.74 Å². The first kappa shape index (κ1) is 20.0. The zero-order valence-corrected chi connectivity index (χ0v) is 15.8. The fraction of sp³-hybridized carbons (Fsp3) is 0.250. The Morgan fingerprint density at radius 3 is 2.69 bits per heavy atom. The van der Waals surface area contributed by atoms with Crippen LogP contribution in [0.4, 0.5) is 11.4 Å².